The number of ether oxygens (including phenoxy) is 2. The van der Waals surface area contributed by atoms with Gasteiger partial charge >= 0.3 is 6.61 Å². The molecule has 0 N–H and O–H groups in total. The largest absolute Gasteiger partial charge is 0.493 e. The van der Waals surface area contributed by atoms with Crippen LogP contribution in [0.3, 0.4) is 0 Å². The molecule has 0 aromatic heterocycles. The summed E-state index contributed by atoms with van der Waals surface area (Å²) in [6.45, 7) is 1.28. The number of alkyl halides is 2. The Hall–Kier alpha value is -2.11. The van der Waals surface area contributed by atoms with E-state index < -0.39 is 6.61 Å². The molecule has 1 aromatic rings. The quantitative estimate of drug-likeness (QED) is 0.780. The van der Waals surface area contributed by atoms with Gasteiger partial charge in [0.25, 0.3) is 0 Å². The zero-order chi connectivity index (χ0) is 14.7. The van der Waals surface area contributed by atoms with Crippen molar-refractivity contribution in [2.24, 2.45) is 5.92 Å². The van der Waals surface area contributed by atoms with Crippen molar-refractivity contribution in [2.45, 2.75) is 13.0 Å². The Morgan fingerprint density at radius 1 is 1.45 bits per heavy atom. The van der Waals surface area contributed by atoms with E-state index in [1.807, 2.05) is 0 Å². The van der Waals surface area contributed by atoms with Gasteiger partial charge in [-0.25, -0.2) is 0 Å². The molecule has 2 rings (SSSR count). The Kier molecular flexibility index (Phi) is 4.22. The van der Waals surface area contributed by atoms with Gasteiger partial charge in [-0.2, -0.15) is 8.78 Å². The smallest absolute Gasteiger partial charge is 0.387 e. The van der Waals surface area contributed by atoms with Crippen molar-refractivity contribution >= 4 is 11.6 Å². The summed E-state index contributed by atoms with van der Waals surface area (Å²) in [5.74, 6) is 0.181. The molecule has 1 unspecified atom stereocenters. The molecule has 4 nitrogen and oxygen atoms in total. The van der Waals surface area contributed by atoms with Crippen LogP contribution in [0.15, 0.2) is 30.9 Å². The molecule has 1 atom stereocenters. The number of hydrogen-bond donors (Lipinski definition) is 0. The molecule has 1 heterocycles. The van der Waals surface area contributed by atoms with Gasteiger partial charge in [0, 0.05) is 30.6 Å². The van der Waals surface area contributed by atoms with Crippen LogP contribution in [0.1, 0.15) is 6.42 Å². The van der Waals surface area contributed by atoms with Gasteiger partial charge in [-0.15, -0.1) is 6.58 Å². The molecular formula is C14H15F2NO3. The zero-order valence-electron chi connectivity index (χ0n) is 11.0. The number of methoxy groups -OCH3 is 1. The lowest BCUT2D eigenvalue weighted by Crippen LogP contribution is -2.24. The second-order valence-electron chi connectivity index (χ2n) is 4.42. The van der Waals surface area contributed by atoms with E-state index in [4.69, 9.17) is 4.74 Å². The third-order valence-electron chi connectivity index (χ3n) is 3.16. The first-order chi connectivity index (χ1) is 9.55. The molecular weight excluding hydrogens is 268 g/mol. The first-order valence-electron chi connectivity index (χ1n) is 6.11. The minimum absolute atomic E-state index is 0.0283. The molecule has 1 saturated heterocycles. The first kappa shape index (κ1) is 14.3. The second-order valence-corrected chi connectivity index (χ2v) is 4.42. The van der Waals surface area contributed by atoms with E-state index in [-0.39, 0.29) is 23.3 Å². The van der Waals surface area contributed by atoms with Crippen LogP contribution in [-0.4, -0.2) is 26.2 Å². The summed E-state index contributed by atoms with van der Waals surface area (Å²) in [6, 6.07) is 4.44. The predicted molar refractivity (Wildman–Crippen MR) is 70.3 cm³/mol. The third kappa shape index (κ3) is 2.89. The Balaban J connectivity index is 2.25. The summed E-state index contributed by atoms with van der Waals surface area (Å²) >= 11 is 0. The number of carbonyl (C=O) groups is 1. The predicted octanol–water partition coefficient (Wildman–Crippen LogP) is 2.84. The van der Waals surface area contributed by atoms with Gasteiger partial charge in [-0.05, 0) is 12.1 Å². The van der Waals surface area contributed by atoms with E-state index in [2.05, 4.69) is 11.3 Å². The van der Waals surface area contributed by atoms with Crippen LogP contribution in [0.5, 0.6) is 11.5 Å². The number of amides is 1. The minimum Gasteiger partial charge on any atom is -0.493 e. The van der Waals surface area contributed by atoms with Crippen molar-refractivity contribution in [1.29, 1.82) is 0 Å². The Bertz CT molecular complexity index is 519. The average Bonchev–Trinajstić information content (AvgIpc) is 2.80. The van der Waals surface area contributed by atoms with E-state index in [9.17, 15) is 13.6 Å². The number of hydrogen-bond acceptors (Lipinski definition) is 3. The van der Waals surface area contributed by atoms with Crippen molar-refractivity contribution in [3.8, 4) is 11.5 Å². The van der Waals surface area contributed by atoms with Crippen molar-refractivity contribution in [1.82, 2.24) is 0 Å². The normalized spacial score (nSPS) is 18.5. The van der Waals surface area contributed by atoms with Crippen LogP contribution in [0.4, 0.5) is 14.5 Å². The fraction of sp³-hybridized carbons (Fsp3) is 0.357. The second kappa shape index (κ2) is 5.90. The number of halogens is 2. The molecule has 0 saturated carbocycles. The number of anilines is 1. The summed E-state index contributed by atoms with van der Waals surface area (Å²) < 4.78 is 33.9. The van der Waals surface area contributed by atoms with Crippen molar-refractivity contribution in [3.63, 3.8) is 0 Å². The first-order valence-corrected chi connectivity index (χ1v) is 6.11. The van der Waals surface area contributed by atoms with E-state index in [1.54, 1.807) is 17.0 Å². The van der Waals surface area contributed by atoms with Crippen LogP contribution in [0.2, 0.25) is 0 Å². The molecule has 0 spiro atoms. The van der Waals surface area contributed by atoms with Gasteiger partial charge in [0.1, 0.15) is 0 Å². The Labute approximate surface area is 115 Å². The fourth-order valence-electron chi connectivity index (χ4n) is 2.16. The molecule has 0 radical (unpaired) electrons. The van der Waals surface area contributed by atoms with Crippen LogP contribution in [-0.2, 0) is 4.79 Å². The van der Waals surface area contributed by atoms with Gasteiger partial charge in [-0.3, -0.25) is 4.79 Å². The standard InChI is InChI=1S/C14H15F2NO3/c1-3-9-6-13(18)17(8-9)10-4-5-11(20-14(15)16)12(7-10)19-2/h3-5,7,9,14H,1,6,8H2,2H3. The summed E-state index contributed by atoms with van der Waals surface area (Å²) in [4.78, 5) is 13.5. The maximum Gasteiger partial charge on any atom is 0.387 e. The molecule has 20 heavy (non-hydrogen) atoms. The lowest BCUT2D eigenvalue weighted by molar-refractivity contribution is -0.117. The Morgan fingerprint density at radius 3 is 2.75 bits per heavy atom. The van der Waals surface area contributed by atoms with Gasteiger partial charge < -0.3 is 14.4 Å². The van der Waals surface area contributed by atoms with E-state index in [0.717, 1.165) is 0 Å². The highest BCUT2D eigenvalue weighted by Crippen LogP contribution is 2.35. The molecule has 6 heteroatoms. The van der Waals surface area contributed by atoms with Crippen molar-refractivity contribution in [2.75, 3.05) is 18.6 Å². The highest BCUT2D eigenvalue weighted by atomic mass is 19.3. The maximum absolute atomic E-state index is 12.2. The van der Waals surface area contributed by atoms with Crippen LogP contribution in [0.25, 0.3) is 0 Å². The number of rotatable bonds is 5. The molecule has 1 aliphatic heterocycles. The lowest BCUT2D eigenvalue weighted by atomic mass is 10.1. The zero-order valence-corrected chi connectivity index (χ0v) is 11.0. The number of nitrogens with zero attached hydrogens (tertiary/aromatic N) is 1. The fourth-order valence-corrected chi connectivity index (χ4v) is 2.16. The van der Waals surface area contributed by atoms with Gasteiger partial charge in [0.2, 0.25) is 5.91 Å². The summed E-state index contributed by atoms with van der Waals surface area (Å²) in [5.41, 5.74) is 0.595. The van der Waals surface area contributed by atoms with Crippen LogP contribution in [0, 0.1) is 5.92 Å². The maximum atomic E-state index is 12.2. The number of benzene rings is 1. The topological polar surface area (TPSA) is 38.8 Å². The number of carbonyl (C=O) groups excluding carboxylic acids is 1. The molecule has 0 aliphatic carbocycles. The van der Waals surface area contributed by atoms with Gasteiger partial charge in [0.05, 0.1) is 7.11 Å². The molecule has 108 valence electrons. The third-order valence-corrected chi connectivity index (χ3v) is 3.16. The molecule has 1 aromatic carbocycles. The van der Waals surface area contributed by atoms with E-state index in [1.165, 1.54) is 19.2 Å². The molecule has 1 amide bonds. The van der Waals surface area contributed by atoms with Gasteiger partial charge in [-0.1, -0.05) is 6.08 Å². The molecule has 1 aliphatic rings. The minimum atomic E-state index is -2.92. The van der Waals surface area contributed by atoms with Gasteiger partial charge in [0.15, 0.2) is 11.5 Å². The summed E-state index contributed by atoms with van der Waals surface area (Å²) in [6.07, 6.45) is 2.14. The van der Waals surface area contributed by atoms with Crippen LogP contribution >= 0.6 is 0 Å². The summed E-state index contributed by atoms with van der Waals surface area (Å²) in [7, 11) is 1.36. The van der Waals surface area contributed by atoms with E-state index in [0.29, 0.717) is 18.7 Å². The van der Waals surface area contributed by atoms with Crippen molar-refractivity contribution in [3.05, 3.63) is 30.9 Å². The molecule has 1 fully saturated rings. The molecule has 0 bridgehead atoms. The highest BCUT2D eigenvalue weighted by molar-refractivity contribution is 5.96. The van der Waals surface area contributed by atoms with Crippen molar-refractivity contribution < 1.29 is 23.0 Å². The highest BCUT2D eigenvalue weighted by Gasteiger charge is 2.29. The monoisotopic (exact) mass is 283 g/mol. The van der Waals surface area contributed by atoms with E-state index >= 15 is 0 Å². The lowest BCUT2D eigenvalue weighted by Gasteiger charge is -2.18. The SMILES string of the molecule is C=CC1CC(=O)N(c2ccc(OC(F)F)c(OC)c2)C1. The Morgan fingerprint density at radius 2 is 2.20 bits per heavy atom. The van der Waals surface area contributed by atoms with Crippen LogP contribution < -0.4 is 14.4 Å². The average molecular weight is 283 g/mol. The summed E-state index contributed by atoms with van der Waals surface area (Å²) in [5, 5.41) is 0.